The first kappa shape index (κ1) is 11.4. The molecule has 3 heteroatoms. The van der Waals surface area contributed by atoms with Crippen LogP contribution in [-0.2, 0) is 13.0 Å². The van der Waals surface area contributed by atoms with E-state index < -0.39 is 0 Å². The maximum Gasteiger partial charge on any atom is 0.119 e. The van der Waals surface area contributed by atoms with Gasteiger partial charge in [-0.2, -0.15) is 0 Å². The number of rotatable bonds is 4. The summed E-state index contributed by atoms with van der Waals surface area (Å²) in [5, 5.41) is 3.37. The fourth-order valence-corrected chi connectivity index (χ4v) is 1.89. The second-order valence-corrected chi connectivity index (χ2v) is 4.51. The minimum Gasteiger partial charge on any atom is -0.492 e. The molecule has 0 radical (unpaired) electrons. The second-order valence-electron chi connectivity index (χ2n) is 4.51. The number of hydrogen-bond donors (Lipinski definition) is 1. The molecule has 2 rings (SSSR count). The van der Waals surface area contributed by atoms with Crippen molar-refractivity contribution in [3.05, 3.63) is 29.3 Å². The third kappa shape index (κ3) is 2.97. The van der Waals surface area contributed by atoms with Crippen LogP contribution >= 0.6 is 0 Å². The summed E-state index contributed by atoms with van der Waals surface area (Å²) < 4.78 is 5.72. The van der Waals surface area contributed by atoms with E-state index in [-0.39, 0.29) is 0 Å². The standard InChI is InChI=1S/C13H20N2O/c1-15(2)7-8-16-13-4-3-12-10-14-6-5-11(12)9-13/h3-4,9,14H,5-8,10H2,1-2H3. The lowest BCUT2D eigenvalue weighted by molar-refractivity contribution is 0.261. The Labute approximate surface area is 97.4 Å². The summed E-state index contributed by atoms with van der Waals surface area (Å²) in [5.41, 5.74) is 2.84. The van der Waals surface area contributed by atoms with Crippen LogP contribution in [0.4, 0.5) is 0 Å². The quantitative estimate of drug-likeness (QED) is 0.827. The smallest absolute Gasteiger partial charge is 0.119 e. The van der Waals surface area contributed by atoms with Gasteiger partial charge in [-0.3, -0.25) is 0 Å². The van der Waals surface area contributed by atoms with Crippen LogP contribution in [0.2, 0.25) is 0 Å². The zero-order valence-electron chi connectivity index (χ0n) is 10.1. The molecule has 1 aromatic carbocycles. The number of benzene rings is 1. The van der Waals surface area contributed by atoms with Crippen molar-refractivity contribution in [2.75, 3.05) is 33.8 Å². The third-order valence-corrected chi connectivity index (χ3v) is 2.87. The van der Waals surface area contributed by atoms with Crippen molar-refractivity contribution in [2.45, 2.75) is 13.0 Å². The number of ether oxygens (including phenoxy) is 1. The molecule has 0 amide bonds. The summed E-state index contributed by atoms with van der Waals surface area (Å²) >= 11 is 0. The van der Waals surface area contributed by atoms with E-state index >= 15 is 0 Å². The highest BCUT2D eigenvalue weighted by molar-refractivity contribution is 5.37. The molecule has 0 aromatic heterocycles. The Hall–Kier alpha value is -1.06. The molecule has 0 spiro atoms. The minimum absolute atomic E-state index is 0.754. The Kier molecular flexibility index (Phi) is 3.80. The summed E-state index contributed by atoms with van der Waals surface area (Å²) in [4.78, 5) is 2.13. The fraction of sp³-hybridized carbons (Fsp3) is 0.538. The maximum absolute atomic E-state index is 5.72. The zero-order valence-corrected chi connectivity index (χ0v) is 10.1. The van der Waals surface area contributed by atoms with Gasteiger partial charge >= 0.3 is 0 Å². The molecule has 0 saturated carbocycles. The van der Waals surface area contributed by atoms with E-state index in [0.29, 0.717) is 0 Å². The highest BCUT2D eigenvalue weighted by Crippen LogP contribution is 2.20. The zero-order chi connectivity index (χ0) is 11.4. The van der Waals surface area contributed by atoms with E-state index in [2.05, 4.69) is 42.5 Å². The minimum atomic E-state index is 0.754. The van der Waals surface area contributed by atoms with Gasteiger partial charge in [0, 0.05) is 13.1 Å². The molecule has 1 N–H and O–H groups in total. The molecule has 0 saturated heterocycles. The van der Waals surface area contributed by atoms with Gasteiger partial charge in [-0.05, 0) is 50.3 Å². The van der Waals surface area contributed by atoms with Crippen LogP contribution in [0, 0.1) is 0 Å². The van der Waals surface area contributed by atoms with Crippen LogP contribution in [0.15, 0.2) is 18.2 Å². The summed E-state index contributed by atoms with van der Waals surface area (Å²) in [6.07, 6.45) is 1.11. The van der Waals surface area contributed by atoms with Crippen molar-refractivity contribution >= 4 is 0 Å². The van der Waals surface area contributed by atoms with Crippen LogP contribution in [0.5, 0.6) is 5.75 Å². The summed E-state index contributed by atoms with van der Waals surface area (Å²) in [7, 11) is 4.11. The molecule has 88 valence electrons. The van der Waals surface area contributed by atoms with Gasteiger partial charge in [0.15, 0.2) is 0 Å². The number of fused-ring (bicyclic) bond motifs is 1. The van der Waals surface area contributed by atoms with Crippen LogP contribution < -0.4 is 10.1 Å². The molecule has 1 aliphatic rings. The Morgan fingerprint density at radius 1 is 1.31 bits per heavy atom. The molecule has 16 heavy (non-hydrogen) atoms. The predicted molar refractivity (Wildman–Crippen MR) is 65.9 cm³/mol. The molecule has 0 bridgehead atoms. The number of nitrogens with one attached hydrogen (secondary N) is 1. The average molecular weight is 220 g/mol. The van der Waals surface area contributed by atoms with E-state index in [1.807, 2.05) is 0 Å². The Morgan fingerprint density at radius 2 is 2.19 bits per heavy atom. The van der Waals surface area contributed by atoms with Crippen molar-refractivity contribution < 1.29 is 4.74 Å². The van der Waals surface area contributed by atoms with Crippen LogP contribution in [-0.4, -0.2) is 38.7 Å². The fourth-order valence-electron chi connectivity index (χ4n) is 1.89. The van der Waals surface area contributed by atoms with E-state index in [1.54, 1.807) is 0 Å². The SMILES string of the molecule is CN(C)CCOc1ccc2c(c1)CCNC2. The van der Waals surface area contributed by atoms with Gasteiger partial charge in [-0.15, -0.1) is 0 Å². The molecule has 0 aliphatic carbocycles. The highest BCUT2D eigenvalue weighted by Gasteiger charge is 2.08. The van der Waals surface area contributed by atoms with Gasteiger partial charge in [-0.25, -0.2) is 0 Å². The second kappa shape index (κ2) is 5.32. The van der Waals surface area contributed by atoms with Crippen LogP contribution in [0.25, 0.3) is 0 Å². The Bertz CT molecular complexity index is 350. The van der Waals surface area contributed by atoms with Gasteiger partial charge in [0.1, 0.15) is 12.4 Å². The normalized spacial score (nSPS) is 14.9. The van der Waals surface area contributed by atoms with Gasteiger partial charge in [0.25, 0.3) is 0 Å². The van der Waals surface area contributed by atoms with Crippen LogP contribution in [0.1, 0.15) is 11.1 Å². The summed E-state index contributed by atoms with van der Waals surface area (Å²) in [6, 6.07) is 6.43. The van der Waals surface area contributed by atoms with E-state index in [0.717, 1.165) is 38.4 Å². The molecule has 0 fully saturated rings. The average Bonchev–Trinajstić information content (AvgIpc) is 2.28. The lowest BCUT2D eigenvalue weighted by Gasteiger charge is -2.18. The maximum atomic E-state index is 5.72. The molecule has 1 aromatic rings. The Balaban J connectivity index is 1.95. The summed E-state index contributed by atoms with van der Waals surface area (Å²) in [6.45, 7) is 3.78. The molecule has 3 nitrogen and oxygen atoms in total. The van der Waals surface area contributed by atoms with Gasteiger partial charge in [0.2, 0.25) is 0 Å². The largest absolute Gasteiger partial charge is 0.492 e. The molecule has 1 aliphatic heterocycles. The van der Waals surface area contributed by atoms with Crippen molar-refractivity contribution in [3.8, 4) is 5.75 Å². The number of likely N-dealkylation sites (N-methyl/N-ethyl adjacent to an activating group) is 1. The van der Waals surface area contributed by atoms with E-state index in [9.17, 15) is 0 Å². The first-order valence-electron chi connectivity index (χ1n) is 5.86. The van der Waals surface area contributed by atoms with E-state index in [1.165, 1.54) is 11.1 Å². The third-order valence-electron chi connectivity index (χ3n) is 2.87. The first-order valence-corrected chi connectivity index (χ1v) is 5.86. The van der Waals surface area contributed by atoms with Crippen molar-refractivity contribution in [3.63, 3.8) is 0 Å². The van der Waals surface area contributed by atoms with E-state index in [4.69, 9.17) is 4.74 Å². The lowest BCUT2D eigenvalue weighted by atomic mass is 10.0. The predicted octanol–water partition coefficient (Wildman–Crippen LogP) is 1.27. The monoisotopic (exact) mass is 220 g/mol. The van der Waals surface area contributed by atoms with Gasteiger partial charge in [0.05, 0.1) is 0 Å². The molecular weight excluding hydrogens is 200 g/mol. The van der Waals surface area contributed by atoms with Gasteiger partial charge in [-0.1, -0.05) is 6.07 Å². The summed E-state index contributed by atoms with van der Waals surface area (Å²) in [5.74, 6) is 1.00. The number of nitrogens with zero attached hydrogens (tertiary/aromatic N) is 1. The Morgan fingerprint density at radius 3 is 3.00 bits per heavy atom. The van der Waals surface area contributed by atoms with Gasteiger partial charge < -0.3 is 15.0 Å². The molecule has 0 unspecified atom stereocenters. The molecule has 1 heterocycles. The highest BCUT2D eigenvalue weighted by atomic mass is 16.5. The lowest BCUT2D eigenvalue weighted by Crippen LogP contribution is -2.23. The van der Waals surface area contributed by atoms with Crippen LogP contribution in [0.3, 0.4) is 0 Å². The number of hydrogen-bond acceptors (Lipinski definition) is 3. The molecular formula is C13H20N2O. The topological polar surface area (TPSA) is 24.5 Å². The first-order chi connectivity index (χ1) is 7.75. The van der Waals surface area contributed by atoms with Crippen molar-refractivity contribution in [2.24, 2.45) is 0 Å². The van der Waals surface area contributed by atoms with Crippen molar-refractivity contribution in [1.82, 2.24) is 10.2 Å². The molecule has 0 atom stereocenters. The van der Waals surface area contributed by atoms with Crippen molar-refractivity contribution in [1.29, 1.82) is 0 Å².